The summed E-state index contributed by atoms with van der Waals surface area (Å²) in [4.78, 5) is 0. The first-order chi connectivity index (χ1) is 20.6. The van der Waals surface area contributed by atoms with Gasteiger partial charge in [-0.1, -0.05) is 135 Å². The molecular weight excluding hydrogens is 656 g/mol. The molecule has 0 bridgehead atoms. The van der Waals surface area contributed by atoms with Crippen LogP contribution in [0.3, 0.4) is 0 Å². The molecule has 0 aliphatic carbocycles. The van der Waals surface area contributed by atoms with Gasteiger partial charge >= 0.3 is 41.9 Å². The van der Waals surface area contributed by atoms with Crippen LogP contribution in [0, 0.1) is 13.8 Å². The molecule has 0 saturated heterocycles. The average Bonchev–Trinajstić information content (AvgIpc) is 3.53. The molecule has 6 aromatic carbocycles. The van der Waals surface area contributed by atoms with Gasteiger partial charge in [-0.15, -0.1) is 69.1 Å². The van der Waals surface area contributed by atoms with Crippen LogP contribution in [0.5, 0.6) is 0 Å². The Balaban J connectivity index is 0.000000179. The zero-order valence-corrected chi connectivity index (χ0v) is 33.9. The molecule has 0 aliphatic rings. The van der Waals surface area contributed by atoms with Crippen LogP contribution in [-0.4, -0.2) is 21.6 Å². The molecular formula is C40H48Si3Zr. The van der Waals surface area contributed by atoms with Crippen molar-refractivity contribution in [1.82, 2.24) is 0 Å². The van der Waals surface area contributed by atoms with Crippen LogP contribution in [0.1, 0.15) is 11.1 Å². The van der Waals surface area contributed by atoms with Crippen molar-refractivity contribution in [3.05, 3.63) is 120 Å². The first kappa shape index (κ1) is 34.5. The van der Waals surface area contributed by atoms with E-state index >= 15 is 0 Å². The summed E-state index contributed by atoms with van der Waals surface area (Å²) in [5.74, 6) is 0. The van der Waals surface area contributed by atoms with Crippen LogP contribution in [-0.2, 0) is 23.3 Å². The summed E-state index contributed by atoms with van der Waals surface area (Å²) in [6.45, 7) is 23.3. The fraction of sp³-hybridized carbons (Fsp3) is 0.250. The largest absolute Gasteiger partial charge is 0.165 e. The molecule has 44 heavy (non-hydrogen) atoms. The van der Waals surface area contributed by atoms with E-state index in [1.165, 1.54) is 65.3 Å². The molecule has 6 rings (SSSR count). The van der Waals surface area contributed by atoms with Crippen molar-refractivity contribution < 1.29 is 23.3 Å². The van der Waals surface area contributed by atoms with Crippen LogP contribution in [0.15, 0.2) is 109 Å². The van der Waals surface area contributed by atoms with E-state index in [4.69, 9.17) is 0 Å². The number of fused-ring (bicyclic) bond motifs is 2. The average molecular weight is 704 g/mol. The van der Waals surface area contributed by atoms with E-state index in [9.17, 15) is 0 Å². The van der Waals surface area contributed by atoms with Crippen molar-refractivity contribution in [1.29, 1.82) is 0 Å². The van der Waals surface area contributed by atoms with E-state index in [0.29, 0.717) is 0 Å². The minimum Gasteiger partial charge on any atom is -0.165 e. The zero-order chi connectivity index (χ0) is 32.2. The summed E-state index contributed by atoms with van der Waals surface area (Å²) < 4.78 is 0. The van der Waals surface area contributed by atoms with Gasteiger partial charge in [0.1, 0.15) is 0 Å². The summed E-state index contributed by atoms with van der Waals surface area (Å²) in [5.41, 5.74) is 8.22. The Morgan fingerprint density at radius 2 is 0.841 bits per heavy atom. The van der Waals surface area contributed by atoms with Gasteiger partial charge in [0, 0.05) is 0 Å². The minimum absolute atomic E-state index is 0.210. The van der Waals surface area contributed by atoms with Gasteiger partial charge in [0.15, 0.2) is 0 Å². The topological polar surface area (TPSA) is 0 Å². The van der Waals surface area contributed by atoms with Crippen molar-refractivity contribution in [3.8, 4) is 22.3 Å². The number of hydrogen-bond acceptors (Lipinski definition) is 0. The Kier molecular flexibility index (Phi) is 11.3. The third kappa shape index (κ3) is 8.88. The predicted octanol–water partition coefficient (Wildman–Crippen LogP) is 10.9. The number of hydrogen-bond donors (Lipinski definition) is 0. The van der Waals surface area contributed by atoms with Crippen molar-refractivity contribution in [2.75, 3.05) is 0 Å². The molecule has 0 saturated carbocycles. The smallest absolute Gasteiger partial charge is 0.0775 e. The molecule has 0 fully saturated rings. The van der Waals surface area contributed by atoms with Crippen molar-refractivity contribution >= 4 is 53.5 Å². The fourth-order valence-electron chi connectivity index (χ4n) is 5.57. The van der Waals surface area contributed by atoms with E-state index in [1.807, 2.05) is 0 Å². The summed E-state index contributed by atoms with van der Waals surface area (Å²) in [6, 6.07) is 40.6. The maximum absolute atomic E-state index is 2.39. The van der Waals surface area contributed by atoms with Crippen molar-refractivity contribution in [2.45, 2.75) is 66.2 Å². The third-order valence-corrected chi connectivity index (χ3v) is 12.0. The molecule has 0 amide bonds. The molecule has 224 valence electrons. The Bertz CT molecular complexity index is 1720. The normalized spacial score (nSPS) is 11.5. The van der Waals surface area contributed by atoms with Crippen LogP contribution in [0.2, 0.25) is 52.4 Å². The molecule has 6 aromatic rings. The number of rotatable bonds is 4. The number of benzene rings is 4. The summed E-state index contributed by atoms with van der Waals surface area (Å²) >= 11 is 1.74. The molecule has 0 nitrogen and oxygen atoms in total. The van der Waals surface area contributed by atoms with Crippen LogP contribution in [0.25, 0.3) is 43.8 Å². The molecule has 0 aliphatic heterocycles. The molecule has 0 aromatic heterocycles. The third-order valence-electron chi connectivity index (χ3n) is 7.91. The standard InChI is InChI=1S/2C19H21Si.C2H6Si.Zr/c2*1-14-12-16-6-5-7-18(19(16)13-14)15-8-10-17(11-9-15)20(2,3)4;1-3-2;/h2*5-13H,1-4H3;1-2H3;/q2*-1;;+2. The zero-order valence-electron chi connectivity index (χ0n) is 28.4. The summed E-state index contributed by atoms with van der Waals surface area (Å²) in [5, 5.41) is 8.46. The van der Waals surface area contributed by atoms with Crippen LogP contribution in [0.4, 0.5) is 0 Å². The molecule has 0 radical (unpaired) electrons. The van der Waals surface area contributed by atoms with E-state index in [1.54, 1.807) is 23.3 Å². The maximum atomic E-state index is 2.39. The Morgan fingerprint density at radius 3 is 1.14 bits per heavy atom. The van der Waals surface area contributed by atoms with Crippen LogP contribution < -0.4 is 10.4 Å². The van der Waals surface area contributed by atoms with Gasteiger partial charge in [0.25, 0.3) is 0 Å². The monoisotopic (exact) mass is 702 g/mol. The molecule has 0 atom stereocenters. The molecule has 0 unspecified atom stereocenters. The summed E-state index contributed by atoms with van der Waals surface area (Å²) in [6.07, 6.45) is 0. The molecule has 0 N–H and O–H groups in total. The van der Waals surface area contributed by atoms with E-state index in [-0.39, 0.29) is 5.43 Å². The summed E-state index contributed by atoms with van der Waals surface area (Å²) in [7, 11) is -2.41. The van der Waals surface area contributed by atoms with Gasteiger partial charge in [-0.2, -0.15) is 12.1 Å². The molecule has 0 spiro atoms. The second kappa shape index (κ2) is 14.4. The quantitative estimate of drug-likeness (QED) is 0.127. The maximum Gasteiger partial charge on any atom is 0.0775 e. The first-order valence-corrected chi connectivity index (χ1v) is 28.9. The molecule has 0 heterocycles. The van der Waals surface area contributed by atoms with E-state index in [2.05, 4.69) is 175 Å². The first-order valence-electron chi connectivity index (χ1n) is 15.7. The Morgan fingerprint density at radius 1 is 0.523 bits per heavy atom. The SMILES string of the molecule is C[Si](C)=[Zr+2].Cc1cc2c(-c3ccc([Si](C)(C)C)cc3)cccc2[cH-]1.Cc1cc2c(-c3ccc([Si](C)(C)C)cc3)cccc2[cH-]1. The van der Waals surface area contributed by atoms with Gasteiger partial charge in [0.05, 0.1) is 16.1 Å². The minimum atomic E-state index is -1.21. The van der Waals surface area contributed by atoms with E-state index in [0.717, 1.165) is 0 Å². The number of aryl methyl sites for hydroxylation is 2. The van der Waals surface area contributed by atoms with Gasteiger partial charge in [-0.3, -0.25) is 0 Å². The predicted molar refractivity (Wildman–Crippen MR) is 203 cm³/mol. The van der Waals surface area contributed by atoms with Gasteiger partial charge in [-0.25, -0.2) is 0 Å². The van der Waals surface area contributed by atoms with Crippen molar-refractivity contribution in [3.63, 3.8) is 0 Å². The van der Waals surface area contributed by atoms with Gasteiger partial charge in [-0.05, 0) is 11.1 Å². The van der Waals surface area contributed by atoms with Crippen molar-refractivity contribution in [2.24, 2.45) is 0 Å². The molecule has 4 heteroatoms. The van der Waals surface area contributed by atoms with Gasteiger partial charge in [0.2, 0.25) is 0 Å². The fourth-order valence-corrected chi connectivity index (χ4v) is 7.91. The second-order valence-electron chi connectivity index (χ2n) is 14.3. The Labute approximate surface area is 283 Å². The van der Waals surface area contributed by atoms with Gasteiger partial charge < -0.3 is 0 Å². The van der Waals surface area contributed by atoms with Crippen LogP contribution >= 0.6 is 0 Å². The van der Waals surface area contributed by atoms with E-state index < -0.39 is 16.1 Å². The second-order valence-corrected chi connectivity index (χ2v) is 33.9. The Hall–Kier alpha value is -2.37.